The Morgan fingerprint density at radius 1 is 0.963 bits per heavy atom. The molecule has 0 aliphatic carbocycles. The van der Waals surface area contributed by atoms with Crippen LogP contribution in [0.25, 0.3) is 0 Å². The second-order valence-corrected chi connectivity index (χ2v) is 9.34. The Labute approximate surface area is 164 Å². The molecule has 2 aromatic rings. The summed E-state index contributed by atoms with van der Waals surface area (Å²) < 4.78 is 27.8. The monoisotopic (exact) mass is 404 g/mol. The molecule has 0 N–H and O–H groups in total. The quantitative estimate of drug-likeness (QED) is 0.788. The summed E-state index contributed by atoms with van der Waals surface area (Å²) in [4.78, 5) is 14.6. The normalized spacial score (nSPS) is 17.7. The van der Waals surface area contributed by atoms with Gasteiger partial charge in [-0.05, 0) is 48.6 Å². The van der Waals surface area contributed by atoms with Gasteiger partial charge in [-0.2, -0.15) is 4.31 Å². The van der Waals surface area contributed by atoms with Gasteiger partial charge in [0.2, 0.25) is 10.0 Å². The molecule has 0 saturated carbocycles. The third-order valence-electron chi connectivity index (χ3n) is 5.29. The second-order valence-electron chi connectivity index (χ2n) is 7.00. The number of hydrogen-bond acceptors (Lipinski definition) is 3. The fraction of sp³-hybridized carbons (Fsp3) is 0.350. The summed E-state index contributed by atoms with van der Waals surface area (Å²) >= 11 is 6.22. The van der Waals surface area contributed by atoms with Crippen molar-refractivity contribution < 1.29 is 13.2 Å². The lowest BCUT2D eigenvalue weighted by Gasteiger charge is -2.28. The van der Waals surface area contributed by atoms with Crippen LogP contribution in [0.5, 0.6) is 0 Å². The van der Waals surface area contributed by atoms with Crippen molar-refractivity contribution in [1.82, 2.24) is 9.21 Å². The lowest BCUT2D eigenvalue weighted by molar-refractivity contribution is 0.0792. The molecule has 1 fully saturated rings. The summed E-state index contributed by atoms with van der Waals surface area (Å²) in [7, 11) is -3.70. The zero-order valence-electron chi connectivity index (χ0n) is 14.9. The van der Waals surface area contributed by atoms with E-state index in [1.54, 1.807) is 4.90 Å². The van der Waals surface area contributed by atoms with Gasteiger partial charge in [-0.25, -0.2) is 8.42 Å². The Kier molecular flexibility index (Phi) is 4.97. The molecule has 0 spiro atoms. The van der Waals surface area contributed by atoms with Crippen LogP contribution in [0.4, 0.5) is 0 Å². The first-order chi connectivity index (χ1) is 13.0. The molecule has 0 bridgehead atoms. The largest absolute Gasteiger partial charge is 0.339 e. The molecule has 27 heavy (non-hydrogen) atoms. The Morgan fingerprint density at radius 3 is 2.41 bits per heavy atom. The van der Waals surface area contributed by atoms with E-state index in [1.165, 1.54) is 28.1 Å². The fourth-order valence-electron chi connectivity index (χ4n) is 3.74. The molecule has 0 unspecified atom stereocenters. The minimum atomic E-state index is -3.70. The van der Waals surface area contributed by atoms with E-state index >= 15 is 0 Å². The first-order valence-electron chi connectivity index (χ1n) is 9.12. The number of sulfonamides is 1. The number of hydrogen-bond donors (Lipinski definition) is 0. The maximum absolute atomic E-state index is 13.2. The highest BCUT2D eigenvalue weighted by Gasteiger charge is 2.30. The van der Waals surface area contributed by atoms with E-state index in [0.717, 1.165) is 18.4 Å². The third-order valence-corrected chi connectivity index (χ3v) is 7.47. The van der Waals surface area contributed by atoms with Crippen molar-refractivity contribution in [3.8, 4) is 0 Å². The molecular formula is C20H21ClN2O3S. The van der Waals surface area contributed by atoms with Crippen LogP contribution in [-0.4, -0.2) is 43.2 Å². The maximum Gasteiger partial charge on any atom is 0.255 e. The molecule has 1 saturated heterocycles. The van der Waals surface area contributed by atoms with E-state index in [1.807, 2.05) is 24.3 Å². The molecule has 2 aliphatic heterocycles. The van der Waals surface area contributed by atoms with Crippen molar-refractivity contribution in [1.29, 1.82) is 0 Å². The van der Waals surface area contributed by atoms with E-state index < -0.39 is 10.0 Å². The van der Waals surface area contributed by atoms with Crippen molar-refractivity contribution in [3.05, 3.63) is 64.2 Å². The van der Waals surface area contributed by atoms with Gasteiger partial charge >= 0.3 is 0 Å². The molecule has 2 aliphatic rings. The van der Waals surface area contributed by atoms with Gasteiger partial charge < -0.3 is 4.90 Å². The van der Waals surface area contributed by atoms with Crippen LogP contribution in [0, 0.1) is 0 Å². The molecule has 7 heteroatoms. The summed E-state index contributed by atoms with van der Waals surface area (Å²) in [5, 5.41) is 0.287. The predicted octanol–water partition coefficient (Wildman–Crippen LogP) is 3.32. The van der Waals surface area contributed by atoms with Crippen LogP contribution < -0.4 is 0 Å². The van der Waals surface area contributed by atoms with Gasteiger partial charge in [0.05, 0.1) is 15.5 Å². The van der Waals surface area contributed by atoms with Gasteiger partial charge in [0.25, 0.3) is 5.91 Å². The summed E-state index contributed by atoms with van der Waals surface area (Å²) in [6.45, 7) is 2.15. The minimum absolute atomic E-state index is 0.119. The third kappa shape index (κ3) is 3.49. The highest BCUT2D eigenvalue weighted by Crippen LogP contribution is 2.28. The fourth-order valence-corrected chi connectivity index (χ4v) is 5.39. The second kappa shape index (κ2) is 7.26. The van der Waals surface area contributed by atoms with Crippen LogP contribution >= 0.6 is 11.6 Å². The van der Waals surface area contributed by atoms with Gasteiger partial charge in [-0.1, -0.05) is 35.9 Å². The number of rotatable bonds is 3. The number of carbonyl (C=O) groups is 1. The van der Waals surface area contributed by atoms with Crippen molar-refractivity contribution >= 4 is 27.5 Å². The Bertz CT molecular complexity index is 984. The zero-order chi connectivity index (χ0) is 19.0. The molecular weight excluding hydrogens is 384 g/mol. The average molecular weight is 405 g/mol. The lowest BCUT2D eigenvalue weighted by atomic mass is 10.0. The van der Waals surface area contributed by atoms with Crippen LogP contribution in [0.1, 0.15) is 34.3 Å². The standard InChI is InChI=1S/C20H21ClN2O3S/c21-19-8-7-17(13-18(19)20(24)22-10-3-4-11-22)27(25,26)23-12-9-15-5-1-2-6-16(15)14-23/h1-2,5-8,13H,3-4,9-12,14H2. The molecule has 4 rings (SSSR count). The Morgan fingerprint density at radius 2 is 1.67 bits per heavy atom. The molecule has 0 atom stereocenters. The number of benzene rings is 2. The average Bonchev–Trinajstić information content (AvgIpc) is 3.22. The number of fused-ring (bicyclic) bond motifs is 1. The predicted molar refractivity (Wildman–Crippen MR) is 104 cm³/mol. The van der Waals surface area contributed by atoms with Crippen molar-refractivity contribution in [3.63, 3.8) is 0 Å². The number of likely N-dealkylation sites (tertiary alicyclic amines) is 1. The number of nitrogens with zero attached hydrogens (tertiary/aromatic N) is 2. The first-order valence-corrected chi connectivity index (χ1v) is 10.9. The number of amides is 1. The SMILES string of the molecule is O=C(c1cc(S(=O)(=O)N2CCc3ccccc3C2)ccc1Cl)N1CCCC1. The van der Waals surface area contributed by atoms with E-state index in [4.69, 9.17) is 11.6 Å². The molecule has 2 heterocycles. The van der Waals surface area contributed by atoms with Gasteiger partial charge in [-0.3, -0.25) is 4.79 Å². The van der Waals surface area contributed by atoms with Gasteiger partial charge in [-0.15, -0.1) is 0 Å². The summed E-state index contributed by atoms with van der Waals surface area (Å²) in [6.07, 6.45) is 2.62. The molecule has 0 aromatic heterocycles. The van der Waals surface area contributed by atoms with Crippen LogP contribution in [0.3, 0.4) is 0 Å². The van der Waals surface area contributed by atoms with E-state index in [2.05, 4.69) is 0 Å². The summed E-state index contributed by atoms with van der Waals surface area (Å²) in [6, 6.07) is 12.3. The van der Waals surface area contributed by atoms with Gasteiger partial charge in [0.15, 0.2) is 0 Å². The van der Waals surface area contributed by atoms with Crippen molar-refractivity contribution in [2.75, 3.05) is 19.6 Å². The van der Waals surface area contributed by atoms with E-state index in [9.17, 15) is 13.2 Å². The molecule has 5 nitrogen and oxygen atoms in total. The highest BCUT2D eigenvalue weighted by molar-refractivity contribution is 7.89. The highest BCUT2D eigenvalue weighted by atomic mass is 35.5. The maximum atomic E-state index is 13.2. The topological polar surface area (TPSA) is 57.7 Å². The summed E-state index contributed by atoms with van der Waals surface area (Å²) in [5.74, 6) is -0.196. The van der Waals surface area contributed by atoms with E-state index in [0.29, 0.717) is 32.6 Å². The first kappa shape index (κ1) is 18.5. The van der Waals surface area contributed by atoms with Crippen molar-refractivity contribution in [2.24, 2.45) is 0 Å². The molecule has 2 aromatic carbocycles. The molecule has 0 radical (unpaired) electrons. The lowest BCUT2D eigenvalue weighted by Crippen LogP contribution is -2.36. The van der Waals surface area contributed by atoms with Gasteiger partial charge in [0, 0.05) is 26.2 Å². The summed E-state index contributed by atoms with van der Waals surface area (Å²) in [5.41, 5.74) is 2.47. The Hall–Kier alpha value is -1.89. The van der Waals surface area contributed by atoms with Crippen LogP contribution in [-0.2, 0) is 23.0 Å². The number of carbonyl (C=O) groups excluding carboxylic acids is 1. The van der Waals surface area contributed by atoms with Crippen LogP contribution in [0.2, 0.25) is 5.02 Å². The van der Waals surface area contributed by atoms with Crippen LogP contribution in [0.15, 0.2) is 47.4 Å². The van der Waals surface area contributed by atoms with Crippen molar-refractivity contribution in [2.45, 2.75) is 30.7 Å². The molecule has 142 valence electrons. The smallest absolute Gasteiger partial charge is 0.255 e. The zero-order valence-corrected chi connectivity index (χ0v) is 16.5. The Balaban J connectivity index is 1.64. The van der Waals surface area contributed by atoms with E-state index in [-0.39, 0.29) is 21.4 Å². The minimum Gasteiger partial charge on any atom is -0.339 e. The molecule has 1 amide bonds. The van der Waals surface area contributed by atoms with Gasteiger partial charge in [0.1, 0.15) is 0 Å². The number of halogens is 1.